The number of carbonyl (C=O) groups excluding carboxylic acids is 2. The van der Waals surface area contributed by atoms with Crippen LogP contribution in [0, 0.1) is 0 Å². The zero-order chi connectivity index (χ0) is 17.0. The van der Waals surface area contributed by atoms with Gasteiger partial charge in [0, 0.05) is 34.1 Å². The number of carbonyl (C=O) groups is 2. The summed E-state index contributed by atoms with van der Waals surface area (Å²) in [5, 5.41) is 4.38. The molecule has 1 aromatic heterocycles. The first-order valence-corrected chi connectivity index (χ1v) is 8.47. The zero-order valence-corrected chi connectivity index (χ0v) is 14.9. The predicted molar refractivity (Wildman–Crippen MR) is 96.8 cm³/mol. The molecule has 0 radical (unpaired) electrons. The Balaban J connectivity index is 2.05. The first kappa shape index (κ1) is 17.5. The molecule has 2 amide bonds. The van der Waals surface area contributed by atoms with Crippen molar-refractivity contribution in [3.63, 3.8) is 0 Å². The number of nitrogens with one attached hydrogen (secondary N) is 1. The molecule has 0 aliphatic rings. The van der Waals surface area contributed by atoms with Gasteiger partial charge in [-0.3, -0.25) is 9.59 Å². The number of likely N-dealkylation sites (N-methyl/N-ethyl adjacent to an activating group) is 1. The Morgan fingerprint density at radius 2 is 2.04 bits per heavy atom. The fourth-order valence-corrected chi connectivity index (χ4v) is 3.47. The quantitative estimate of drug-likeness (QED) is 0.838. The maximum absolute atomic E-state index is 12.1. The summed E-state index contributed by atoms with van der Waals surface area (Å²) in [5.74, 6) is -0.415. The minimum absolute atomic E-state index is 0.0293. The van der Waals surface area contributed by atoms with E-state index in [-0.39, 0.29) is 24.4 Å². The highest BCUT2D eigenvalue weighted by atomic mass is 35.5. The Hall–Kier alpha value is -1.85. The lowest BCUT2D eigenvalue weighted by atomic mass is 10.2. The second-order valence-electron chi connectivity index (χ2n) is 5.53. The lowest BCUT2D eigenvalue weighted by molar-refractivity contribution is -0.131. The van der Waals surface area contributed by atoms with Crippen LogP contribution in [0.15, 0.2) is 30.3 Å². The van der Waals surface area contributed by atoms with Crippen molar-refractivity contribution in [1.29, 1.82) is 0 Å². The SMILES string of the molecule is CC(C)NC(=O)CN(C)C(=O)/C=C/c1sc2ccccc2c1Cl. The van der Waals surface area contributed by atoms with Crippen LogP contribution in [0.1, 0.15) is 18.7 Å². The first-order valence-electron chi connectivity index (χ1n) is 7.28. The molecule has 2 aromatic rings. The molecule has 23 heavy (non-hydrogen) atoms. The van der Waals surface area contributed by atoms with Crippen LogP contribution in [-0.4, -0.2) is 36.3 Å². The molecule has 0 saturated heterocycles. The van der Waals surface area contributed by atoms with Crippen LogP contribution < -0.4 is 5.32 Å². The van der Waals surface area contributed by atoms with E-state index in [1.165, 1.54) is 22.3 Å². The number of benzene rings is 1. The minimum Gasteiger partial charge on any atom is -0.352 e. The summed E-state index contributed by atoms with van der Waals surface area (Å²) in [4.78, 5) is 26.0. The lowest BCUT2D eigenvalue weighted by Crippen LogP contribution is -2.40. The number of halogens is 1. The molecule has 1 aromatic carbocycles. The van der Waals surface area contributed by atoms with Gasteiger partial charge in [-0.1, -0.05) is 29.8 Å². The van der Waals surface area contributed by atoms with Crippen LogP contribution in [-0.2, 0) is 9.59 Å². The number of thiophene rings is 1. The van der Waals surface area contributed by atoms with Crippen LogP contribution in [0.25, 0.3) is 16.2 Å². The van der Waals surface area contributed by atoms with Crippen LogP contribution in [0.2, 0.25) is 5.02 Å². The van der Waals surface area contributed by atoms with Gasteiger partial charge in [0.15, 0.2) is 0 Å². The molecule has 1 heterocycles. The highest BCUT2D eigenvalue weighted by molar-refractivity contribution is 7.20. The molecular weight excluding hydrogens is 332 g/mol. The van der Waals surface area contributed by atoms with Crippen molar-refractivity contribution < 1.29 is 9.59 Å². The zero-order valence-electron chi connectivity index (χ0n) is 13.3. The summed E-state index contributed by atoms with van der Waals surface area (Å²) >= 11 is 7.86. The van der Waals surface area contributed by atoms with Gasteiger partial charge in [0.1, 0.15) is 0 Å². The second kappa shape index (κ2) is 7.62. The Bertz CT molecular complexity index is 752. The average molecular weight is 351 g/mol. The molecular formula is C17H19ClN2O2S. The summed E-state index contributed by atoms with van der Waals surface area (Å²) in [6, 6.07) is 7.89. The molecule has 0 unspecified atom stereocenters. The van der Waals surface area contributed by atoms with Crippen molar-refractivity contribution in [3.8, 4) is 0 Å². The van der Waals surface area contributed by atoms with E-state index in [0.717, 1.165) is 15.0 Å². The van der Waals surface area contributed by atoms with Crippen molar-refractivity contribution in [2.24, 2.45) is 0 Å². The molecule has 0 atom stereocenters. The van der Waals surface area contributed by atoms with E-state index in [1.807, 2.05) is 38.1 Å². The normalized spacial score (nSPS) is 11.3. The Morgan fingerprint density at radius 1 is 1.35 bits per heavy atom. The van der Waals surface area contributed by atoms with Crippen LogP contribution in [0.4, 0.5) is 0 Å². The number of hydrogen-bond acceptors (Lipinski definition) is 3. The molecule has 1 N–H and O–H groups in total. The molecule has 0 saturated carbocycles. The largest absolute Gasteiger partial charge is 0.352 e. The van der Waals surface area contributed by atoms with Gasteiger partial charge in [-0.2, -0.15) is 0 Å². The number of rotatable bonds is 5. The van der Waals surface area contributed by atoms with Crippen molar-refractivity contribution >= 4 is 50.9 Å². The van der Waals surface area contributed by atoms with E-state index in [1.54, 1.807) is 13.1 Å². The minimum atomic E-state index is -0.238. The summed E-state index contributed by atoms with van der Waals surface area (Å²) in [7, 11) is 1.60. The highest BCUT2D eigenvalue weighted by Gasteiger charge is 2.12. The Morgan fingerprint density at radius 3 is 2.70 bits per heavy atom. The highest BCUT2D eigenvalue weighted by Crippen LogP contribution is 2.35. The summed E-state index contributed by atoms with van der Waals surface area (Å²) < 4.78 is 1.08. The Kier molecular flexibility index (Phi) is 5.80. The number of hydrogen-bond donors (Lipinski definition) is 1. The van der Waals surface area contributed by atoms with E-state index >= 15 is 0 Å². The van der Waals surface area contributed by atoms with Crippen molar-refractivity contribution in [2.45, 2.75) is 19.9 Å². The molecule has 2 rings (SSSR count). The standard InChI is InChI=1S/C17H19ClN2O2S/c1-11(2)19-15(21)10-20(3)16(22)9-8-14-17(18)12-6-4-5-7-13(12)23-14/h4-9,11H,10H2,1-3H3,(H,19,21)/b9-8+. The molecule has 0 spiro atoms. The van der Waals surface area contributed by atoms with Crippen molar-refractivity contribution in [3.05, 3.63) is 40.2 Å². The molecule has 0 aliphatic heterocycles. The number of nitrogens with zero attached hydrogens (tertiary/aromatic N) is 1. The van der Waals surface area contributed by atoms with Gasteiger partial charge >= 0.3 is 0 Å². The van der Waals surface area contributed by atoms with E-state index < -0.39 is 0 Å². The third-order valence-electron chi connectivity index (χ3n) is 3.14. The fourth-order valence-electron chi connectivity index (χ4n) is 2.08. The van der Waals surface area contributed by atoms with E-state index in [9.17, 15) is 9.59 Å². The van der Waals surface area contributed by atoms with Gasteiger partial charge in [-0.15, -0.1) is 11.3 Å². The van der Waals surface area contributed by atoms with E-state index in [2.05, 4.69) is 5.32 Å². The fraction of sp³-hybridized carbons (Fsp3) is 0.294. The van der Waals surface area contributed by atoms with Gasteiger partial charge in [0.05, 0.1) is 11.6 Å². The van der Waals surface area contributed by atoms with Gasteiger partial charge in [-0.05, 0) is 26.0 Å². The van der Waals surface area contributed by atoms with Crippen LogP contribution in [0.5, 0.6) is 0 Å². The van der Waals surface area contributed by atoms with E-state index in [4.69, 9.17) is 11.6 Å². The van der Waals surface area contributed by atoms with Crippen LogP contribution >= 0.6 is 22.9 Å². The van der Waals surface area contributed by atoms with Gasteiger partial charge < -0.3 is 10.2 Å². The van der Waals surface area contributed by atoms with E-state index in [0.29, 0.717) is 5.02 Å². The van der Waals surface area contributed by atoms with Crippen molar-refractivity contribution in [2.75, 3.05) is 13.6 Å². The second-order valence-corrected chi connectivity index (χ2v) is 6.99. The molecule has 4 nitrogen and oxygen atoms in total. The molecule has 122 valence electrons. The average Bonchev–Trinajstić information content (AvgIpc) is 2.80. The smallest absolute Gasteiger partial charge is 0.246 e. The first-order chi connectivity index (χ1) is 10.9. The topological polar surface area (TPSA) is 49.4 Å². The monoisotopic (exact) mass is 350 g/mol. The predicted octanol–water partition coefficient (Wildman–Crippen LogP) is 3.55. The number of fused-ring (bicyclic) bond motifs is 1. The number of amides is 2. The van der Waals surface area contributed by atoms with Crippen LogP contribution in [0.3, 0.4) is 0 Å². The maximum Gasteiger partial charge on any atom is 0.246 e. The van der Waals surface area contributed by atoms with Gasteiger partial charge in [0.25, 0.3) is 0 Å². The summed E-state index contributed by atoms with van der Waals surface area (Å²) in [5.41, 5.74) is 0. The molecule has 0 aliphatic carbocycles. The molecule has 0 bridgehead atoms. The maximum atomic E-state index is 12.1. The Labute approximate surface area is 144 Å². The third kappa shape index (κ3) is 4.56. The molecule has 6 heteroatoms. The summed E-state index contributed by atoms with van der Waals surface area (Å²) in [6.07, 6.45) is 3.14. The summed E-state index contributed by atoms with van der Waals surface area (Å²) in [6.45, 7) is 3.79. The van der Waals surface area contributed by atoms with Crippen molar-refractivity contribution in [1.82, 2.24) is 10.2 Å². The molecule has 0 fully saturated rings. The van der Waals surface area contributed by atoms with Gasteiger partial charge in [-0.25, -0.2) is 0 Å². The van der Waals surface area contributed by atoms with Gasteiger partial charge in [0.2, 0.25) is 11.8 Å². The lowest BCUT2D eigenvalue weighted by Gasteiger charge is -2.16. The third-order valence-corrected chi connectivity index (χ3v) is 4.80.